The predicted molar refractivity (Wildman–Crippen MR) is 92.6 cm³/mol. The van der Waals surface area contributed by atoms with Gasteiger partial charge < -0.3 is 5.32 Å². The Labute approximate surface area is 136 Å². The zero-order chi connectivity index (χ0) is 14.7. The van der Waals surface area contributed by atoms with Gasteiger partial charge in [0.1, 0.15) is 5.01 Å². The number of anilines is 1. The second-order valence-electron chi connectivity index (χ2n) is 5.21. The summed E-state index contributed by atoms with van der Waals surface area (Å²) in [4.78, 5) is 2.61. The molecule has 1 N–H and O–H groups in total. The summed E-state index contributed by atoms with van der Waals surface area (Å²) in [5.74, 6) is 0.608. The minimum absolute atomic E-state index is 0.171. The third-order valence-corrected chi connectivity index (χ3v) is 5.72. The summed E-state index contributed by atoms with van der Waals surface area (Å²) >= 11 is 5.19. The molecule has 3 aromatic heterocycles. The molecule has 0 atom stereocenters. The van der Waals surface area contributed by atoms with Gasteiger partial charge in [-0.15, -0.1) is 32.9 Å². The van der Waals surface area contributed by atoms with Gasteiger partial charge in [-0.2, -0.15) is 0 Å². The molecule has 21 heavy (non-hydrogen) atoms. The molecule has 0 saturated carbocycles. The SMILES string of the molecule is CC(C)Cc1nnc(NC(c2cccs2)c2cccs2)s1. The Kier molecular flexibility index (Phi) is 4.67. The highest BCUT2D eigenvalue weighted by atomic mass is 32.1. The first-order valence-electron chi connectivity index (χ1n) is 6.88. The van der Waals surface area contributed by atoms with Crippen LogP contribution in [0.5, 0.6) is 0 Å². The van der Waals surface area contributed by atoms with E-state index in [0.717, 1.165) is 16.6 Å². The zero-order valence-corrected chi connectivity index (χ0v) is 14.4. The van der Waals surface area contributed by atoms with Crippen LogP contribution in [0.25, 0.3) is 0 Å². The van der Waals surface area contributed by atoms with Crippen LogP contribution in [0.3, 0.4) is 0 Å². The van der Waals surface area contributed by atoms with Crippen LogP contribution in [-0.2, 0) is 6.42 Å². The van der Waals surface area contributed by atoms with Crippen molar-refractivity contribution in [2.75, 3.05) is 5.32 Å². The lowest BCUT2D eigenvalue weighted by Gasteiger charge is -2.14. The second kappa shape index (κ2) is 6.68. The molecule has 0 bridgehead atoms. The highest BCUT2D eigenvalue weighted by molar-refractivity contribution is 7.15. The lowest BCUT2D eigenvalue weighted by molar-refractivity contribution is 0.640. The molecule has 0 saturated heterocycles. The van der Waals surface area contributed by atoms with Gasteiger partial charge in [-0.3, -0.25) is 0 Å². The zero-order valence-electron chi connectivity index (χ0n) is 11.9. The molecule has 0 aliphatic carbocycles. The normalized spacial score (nSPS) is 11.4. The van der Waals surface area contributed by atoms with E-state index < -0.39 is 0 Å². The standard InChI is InChI=1S/C15H17N3S3/c1-10(2)9-13-17-18-15(21-13)16-14(11-5-3-7-19-11)12-6-4-8-20-12/h3-8,10,14H,9H2,1-2H3,(H,16,18). The molecule has 0 spiro atoms. The average molecular weight is 336 g/mol. The Morgan fingerprint density at radius 2 is 1.71 bits per heavy atom. The summed E-state index contributed by atoms with van der Waals surface area (Å²) in [6.07, 6.45) is 0.988. The molecule has 0 aromatic carbocycles. The van der Waals surface area contributed by atoms with Gasteiger partial charge in [0.05, 0.1) is 6.04 Å². The maximum atomic E-state index is 4.30. The number of hydrogen-bond acceptors (Lipinski definition) is 6. The summed E-state index contributed by atoms with van der Waals surface area (Å²) in [6.45, 7) is 4.41. The molecular formula is C15H17N3S3. The van der Waals surface area contributed by atoms with Gasteiger partial charge in [-0.25, -0.2) is 0 Å². The predicted octanol–water partition coefficient (Wildman–Crippen LogP) is 5.06. The van der Waals surface area contributed by atoms with Crippen molar-refractivity contribution >= 4 is 39.1 Å². The van der Waals surface area contributed by atoms with E-state index in [0.29, 0.717) is 5.92 Å². The lowest BCUT2D eigenvalue weighted by Crippen LogP contribution is -2.09. The highest BCUT2D eigenvalue weighted by Crippen LogP contribution is 2.33. The summed E-state index contributed by atoms with van der Waals surface area (Å²) in [7, 11) is 0. The van der Waals surface area contributed by atoms with Crippen molar-refractivity contribution in [3.05, 3.63) is 49.8 Å². The maximum absolute atomic E-state index is 4.30. The second-order valence-corrected chi connectivity index (χ2v) is 8.23. The molecular weight excluding hydrogens is 318 g/mol. The summed E-state index contributed by atoms with van der Waals surface area (Å²) in [6, 6.07) is 8.68. The van der Waals surface area contributed by atoms with E-state index in [9.17, 15) is 0 Å². The van der Waals surface area contributed by atoms with Crippen molar-refractivity contribution in [3.63, 3.8) is 0 Å². The first-order chi connectivity index (χ1) is 10.2. The molecule has 0 unspecified atom stereocenters. The van der Waals surface area contributed by atoms with Gasteiger partial charge in [-0.05, 0) is 28.8 Å². The van der Waals surface area contributed by atoms with Crippen molar-refractivity contribution in [3.8, 4) is 0 Å². The van der Waals surface area contributed by atoms with E-state index in [2.05, 4.69) is 64.4 Å². The van der Waals surface area contributed by atoms with Crippen LogP contribution in [0.2, 0.25) is 0 Å². The molecule has 0 radical (unpaired) electrons. The van der Waals surface area contributed by atoms with Crippen LogP contribution in [0, 0.1) is 5.92 Å². The lowest BCUT2D eigenvalue weighted by atomic mass is 10.1. The molecule has 3 heterocycles. The van der Waals surface area contributed by atoms with Gasteiger partial charge in [0.25, 0.3) is 0 Å². The number of nitrogens with one attached hydrogen (secondary N) is 1. The Bertz CT molecular complexity index is 622. The van der Waals surface area contributed by atoms with Crippen LogP contribution >= 0.6 is 34.0 Å². The molecule has 3 rings (SSSR count). The number of thiophene rings is 2. The summed E-state index contributed by atoms with van der Waals surface area (Å²) in [5, 5.41) is 18.4. The van der Waals surface area contributed by atoms with E-state index in [1.54, 1.807) is 34.0 Å². The molecule has 0 aliphatic heterocycles. The van der Waals surface area contributed by atoms with Crippen molar-refractivity contribution in [2.45, 2.75) is 26.3 Å². The average Bonchev–Trinajstić information content (AvgIpc) is 3.19. The Hall–Kier alpha value is -1.24. The molecule has 3 aromatic rings. The topological polar surface area (TPSA) is 37.8 Å². The number of rotatable bonds is 6. The first kappa shape index (κ1) is 14.7. The number of hydrogen-bond donors (Lipinski definition) is 1. The van der Waals surface area contributed by atoms with Crippen molar-refractivity contribution in [2.24, 2.45) is 5.92 Å². The fourth-order valence-electron chi connectivity index (χ4n) is 2.06. The van der Waals surface area contributed by atoms with Crippen LogP contribution in [0.15, 0.2) is 35.0 Å². The third-order valence-electron chi connectivity index (χ3n) is 2.97. The van der Waals surface area contributed by atoms with Crippen LogP contribution < -0.4 is 5.32 Å². The van der Waals surface area contributed by atoms with Crippen molar-refractivity contribution in [1.29, 1.82) is 0 Å². The van der Waals surface area contributed by atoms with E-state index in [1.165, 1.54) is 9.75 Å². The smallest absolute Gasteiger partial charge is 0.206 e. The van der Waals surface area contributed by atoms with Crippen LogP contribution in [0.4, 0.5) is 5.13 Å². The van der Waals surface area contributed by atoms with Crippen LogP contribution in [0.1, 0.15) is 34.7 Å². The maximum Gasteiger partial charge on any atom is 0.206 e. The molecule has 110 valence electrons. The molecule has 0 amide bonds. The van der Waals surface area contributed by atoms with E-state index in [4.69, 9.17) is 0 Å². The summed E-state index contributed by atoms with van der Waals surface area (Å²) < 4.78 is 0. The van der Waals surface area contributed by atoms with E-state index in [1.807, 2.05) is 0 Å². The minimum atomic E-state index is 0.171. The minimum Gasteiger partial charge on any atom is -0.348 e. The molecule has 3 nitrogen and oxygen atoms in total. The number of aromatic nitrogens is 2. The van der Waals surface area contributed by atoms with Gasteiger partial charge in [0.15, 0.2) is 0 Å². The Morgan fingerprint density at radius 3 is 2.24 bits per heavy atom. The molecule has 0 fully saturated rings. The van der Waals surface area contributed by atoms with Crippen LogP contribution in [-0.4, -0.2) is 10.2 Å². The fourth-order valence-corrected chi connectivity index (χ4v) is 4.70. The fraction of sp³-hybridized carbons (Fsp3) is 0.333. The third kappa shape index (κ3) is 3.70. The van der Waals surface area contributed by atoms with Crippen molar-refractivity contribution in [1.82, 2.24) is 10.2 Å². The highest BCUT2D eigenvalue weighted by Gasteiger charge is 2.18. The van der Waals surface area contributed by atoms with Gasteiger partial charge in [0, 0.05) is 16.2 Å². The molecule has 0 aliphatic rings. The van der Waals surface area contributed by atoms with Gasteiger partial charge in [0.2, 0.25) is 5.13 Å². The van der Waals surface area contributed by atoms with Gasteiger partial charge in [-0.1, -0.05) is 37.3 Å². The largest absolute Gasteiger partial charge is 0.348 e. The Balaban J connectivity index is 1.80. The van der Waals surface area contributed by atoms with E-state index in [-0.39, 0.29) is 6.04 Å². The molecule has 6 heteroatoms. The first-order valence-corrected chi connectivity index (χ1v) is 9.45. The quantitative estimate of drug-likeness (QED) is 0.684. The van der Waals surface area contributed by atoms with Gasteiger partial charge >= 0.3 is 0 Å². The van der Waals surface area contributed by atoms with Crippen molar-refractivity contribution < 1.29 is 0 Å². The summed E-state index contributed by atoms with van der Waals surface area (Å²) in [5.41, 5.74) is 0. The van der Waals surface area contributed by atoms with E-state index >= 15 is 0 Å². The Morgan fingerprint density at radius 1 is 1.05 bits per heavy atom. The number of nitrogens with zero attached hydrogens (tertiary/aromatic N) is 2. The monoisotopic (exact) mass is 335 g/mol.